The Labute approximate surface area is 134 Å². The molecule has 0 bridgehead atoms. The summed E-state index contributed by atoms with van der Waals surface area (Å²) in [6, 6.07) is 7.40. The molecule has 1 aromatic rings. The van der Waals surface area contributed by atoms with Gasteiger partial charge in [-0.25, -0.2) is 0 Å². The van der Waals surface area contributed by atoms with Crippen LogP contribution in [0.4, 0.5) is 5.69 Å². The van der Waals surface area contributed by atoms with E-state index in [0.29, 0.717) is 17.5 Å². The highest BCUT2D eigenvalue weighted by Crippen LogP contribution is 2.39. The summed E-state index contributed by atoms with van der Waals surface area (Å²) in [5.74, 6) is 0. The Morgan fingerprint density at radius 1 is 1.29 bits per heavy atom. The largest absolute Gasteiger partial charge is 0.370 e. The molecule has 1 atom stereocenters. The van der Waals surface area contributed by atoms with Crippen molar-refractivity contribution in [2.75, 3.05) is 19.0 Å². The molecule has 2 rings (SSSR count). The van der Waals surface area contributed by atoms with Crippen LogP contribution in [0.15, 0.2) is 18.2 Å². The van der Waals surface area contributed by atoms with E-state index in [1.54, 1.807) is 0 Å². The summed E-state index contributed by atoms with van der Waals surface area (Å²) in [6.45, 7) is 6.91. The van der Waals surface area contributed by atoms with Crippen molar-refractivity contribution in [1.29, 1.82) is 0 Å². The van der Waals surface area contributed by atoms with Gasteiger partial charge in [0.2, 0.25) is 0 Å². The zero-order chi connectivity index (χ0) is 15.6. The van der Waals surface area contributed by atoms with E-state index in [-0.39, 0.29) is 0 Å². The van der Waals surface area contributed by atoms with Crippen molar-refractivity contribution in [3.05, 3.63) is 28.8 Å². The lowest BCUT2D eigenvalue weighted by atomic mass is 9.75. The molecule has 0 saturated heterocycles. The first-order valence-corrected chi connectivity index (χ1v) is 8.41. The van der Waals surface area contributed by atoms with Gasteiger partial charge in [0, 0.05) is 19.1 Å². The third-order valence-corrected chi connectivity index (χ3v) is 5.44. The molecule has 1 fully saturated rings. The molecule has 0 spiro atoms. The Hall–Kier alpha value is -0.730. The third-order valence-electron chi connectivity index (χ3n) is 5.14. The molecule has 21 heavy (non-hydrogen) atoms. The molecule has 1 saturated carbocycles. The van der Waals surface area contributed by atoms with E-state index in [1.165, 1.54) is 31.2 Å². The van der Waals surface area contributed by atoms with Gasteiger partial charge in [-0.1, -0.05) is 31.5 Å². The molecule has 3 heteroatoms. The highest BCUT2D eigenvalue weighted by Gasteiger charge is 2.29. The van der Waals surface area contributed by atoms with Gasteiger partial charge in [-0.2, -0.15) is 0 Å². The third kappa shape index (κ3) is 3.92. The lowest BCUT2D eigenvalue weighted by Crippen LogP contribution is -2.37. The Morgan fingerprint density at radius 2 is 1.90 bits per heavy atom. The van der Waals surface area contributed by atoms with Crippen LogP contribution >= 0.6 is 11.6 Å². The zero-order valence-corrected chi connectivity index (χ0v) is 14.8. The fourth-order valence-corrected chi connectivity index (χ4v) is 3.54. The van der Waals surface area contributed by atoms with Crippen molar-refractivity contribution in [3.8, 4) is 0 Å². The van der Waals surface area contributed by atoms with Gasteiger partial charge >= 0.3 is 0 Å². The monoisotopic (exact) mass is 308 g/mol. The van der Waals surface area contributed by atoms with Crippen molar-refractivity contribution in [2.45, 2.75) is 58.5 Å². The number of halogens is 1. The van der Waals surface area contributed by atoms with Gasteiger partial charge in [0.15, 0.2) is 0 Å². The maximum absolute atomic E-state index is 6.53. The molecular weight excluding hydrogens is 280 g/mol. The van der Waals surface area contributed by atoms with Crippen LogP contribution in [-0.4, -0.2) is 20.1 Å². The van der Waals surface area contributed by atoms with Crippen LogP contribution in [0.25, 0.3) is 0 Å². The van der Waals surface area contributed by atoms with E-state index >= 15 is 0 Å². The first-order valence-electron chi connectivity index (χ1n) is 8.03. The van der Waals surface area contributed by atoms with Crippen LogP contribution in [0, 0.1) is 5.41 Å². The predicted molar refractivity (Wildman–Crippen MR) is 93.4 cm³/mol. The van der Waals surface area contributed by atoms with E-state index in [4.69, 9.17) is 11.6 Å². The van der Waals surface area contributed by atoms with E-state index < -0.39 is 0 Å². The summed E-state index contributed by atoms with van der Waals surface area (Å²) in [6.07, 6.45) is 5.12. The summed E-state index contributed by atoms with van der Waals surface area (Å²) < 4.78 is 0. The van der Waals surface area contributed by atoms with Gasteiger partial charge in [0.05, 0.1) is 10.7 Å². The van der Waals surface area contributed by atoms with Gasteiger partial charge in [0.25, 0.3) is 0 Å². The zero-order valence-electron chi connectivity index (χ0n) is 14.0. The van der Waals surface area contributed by atoms with E-state index in [9.17, 15) is 0 Å². The number of nitrogens with one attached hydrogen (secondary N) is 1. The van der Waals surface area contributed by atoms with Gasteiger partial charge < -0.3 is 10.2 Å². The lowest BCUT2D eigenvalue weighted by Gasteiger charge is -2.40. The summed E-state index contributed by atoms with van der Waals surface area (Å²) in [5.41, 5.74) is 2.91. The number of hydrogen-bond acceptors (Lipinski definition) is 2. The van der Waals surface area contributed by atoms with Gasteiger partial charge in [-0.15, -0.1) is 0 Å². The SMILES string of the molecule is CNC(C)c1ccc(N(C)C2CCC(C)(C)CC2)c(Cl)c1. The minimum Gasteiger partial charge on any atom is -0.370 e. The number of hydrogen-bond donors (Lipinski definition) is 1. The van der Waals surface area contributed by atoms with Crippen molar-refractivity contribution >= 4 is 17.3 Å². The Balaban J connectivity index is 2.11. The predicted octanol–water partition coefficient (Wildman–Crippen LogP) is 5.03. The van der Waals surface area contributed by atoms with Crippen molar-refractivity contribution in [3.63, 3.8) is 0 Å². The molecule has 2 nitrogen and oxygen atoms in total. The normalized spacial score (nSPS) is 20.3. The molecule has 1 aliphatic carbocycles. The average Bonchev–Trinajstić information content (AvgIpc) is 2.45. The summed E-state index contributed by atoms with van der Waals surface area (Å²) in [4.78, 5) is 2.38. The van der Waals surface area contributed by atoms with Crippen LogP contribution in [0.1, 0.15) is 58.1 Å². The van der Waals surface area contributed by atoms with Gasteiger partial charge in [-0.05, 0) is 62.8 Å². The maximum atomic E-state index is 6.53. The Bertz CT molecular complexity index is 474. The molecule has 1 aromatic carbocycles. The minimum absolute atomic E-state index is 0.331. The fourth-order valence-electron chi connectivity index (χ4n) is 3.21. The second-order valence-electron chi connectivity index (χ2n) is 7.23. The summed E-state index contributed by atoms with van der Waals surface area (Å²) in [5, 5.41) is 4.12. The van der Waals surface area contributed by atoms with Crippen molar-refractivity contribution < 1.29 is 0 Å². The van der Waals surface area contributed by atoms with Crippen LogP contribution in [0.3, 0.4) is 0 Å². The van der Waals surface area contributed by atoms with Gasteiger partial charge in [-0.3, -0.25) is 0 Å². The summed E-state index contributed by atoms with van der Waals surface area (Å²) in [7, 11) is 4.16. The molecule has 118 valence electrons. The number of benzene rings is 1. The molecule has 0 aromatic heterocycles. The molecule has 1 aliphatic rings. The van der Waals surface area contributed by atoms with Crippen LogP contribution < -0.4 is 10.2 Å². The van der Waals surface area contributed by atoms with E-state index in [0.717, 1.165) is 10.7 Å². The van der Waals surface area contributed by atoms with Crippen molar-refractivity contribution in [2.24, 2.45) is 5.41 Å². The Kier molecular flexibility index (Phi) is 5.21. The maximum Gasteiger partial charge on any atom is 0.0642 e. The smallest absolute Gasteiger partial charge is 0.0642 e. The van der Waals surface area contributed by atoms with Gasteiger partial charge in [0.1, 0.15) is 0 Å². The first kappa shape index (κ1) is 16.6. The molecule has 0 amide bonds. The number of rotatable bonds is 4. The molecule has 1 unspecified atom stereocenters. The molecule has 1 N–H and O–H groups in total. The minimum atomic E-state index is 0.331. The highest BCUT2D eigenvalue weighted by molar-refractivity contribution is 6.33. The number of anilines is 1. The second kappa shape index (κ2) is 6.58. The number of nitrogens with zero attached hydrogens (tertiary/aromatic N) is 1. The van der Waals surface area contributed by atoms with Crippen molar-refractivity contribution in [1.82, 2.24) is 5.32 Å². The molecule has 0 aliphatic heterocycles. The quantitative estimate of drug-likeness (QED) is 0.839. The van der Waals surface area contributed by atoms with E-state index in [2.05, 4.69) is 56.2 Å². The van der Waals surface area contributed by atoms with Crippen LogP contribution in [0.5, 0.6) is 0 Å². The standard InChI is InChI=1S/C18H29ClN2/c1-13(20-4)14-6-7-17(16(19)12-14)21(5)15-8-10-18(2,3)11-9-15/h6-7,12-13,15,20H,8-11H2,1-5H3. The van der Waals surface area contributed by atoms with Crippen LogP contribution in [-0.2, 0) is 0 Å². The van der Waals surface area contributed by atoms with E-state index in [1.807, 2.05) is 7.05 Å². The second-order valence-corrected chi connectivity index (χ2v) is 7.63. The fraction of sp³-hybridized carbons (Fsp3) is 0.667. The topological polar surface area (TPSA) is 15.3 Å². The average molecular weight is 309 g/mol. The molecular formula is C18H29ClN2. The lowest BCUT2D eigenvalue weighted by molar-refractivity contribution is 0.222. The van der Waals surface area contributed by atoms with Crippen LogP contribution in [0.2, 0.25) is 5.02 Å². The summed E-state index contributed by atoms with van der Waals surface area (Å²) >= 11 is 6.53. The highest BCUT2D eigenvalue weighted by atomic mass is 35.5. The molecule has 0 heterocycles. The first-order chi connectivity index (χ1) is 9.84. The molecule has 0 radical (unpaired) electrons. The Morgan fingerprint density at radius 3 is 2.43 bits per heavy atom.